The zero-order valence-corrected chi connectivity index (χ0v) is 14.5. The molecule has 5 saturated carbocycles. The van der Waals surface area contributed by atoms with E-state index in [4.69, 9.17) is 4.74 Å². The average molecular weight is 332 g/mol. The number of carboxylic acids is 1. The van der Waals surface area contributed by atoms with E-state index < -0.39 is 23.0 Å². The van der Waals surface area contributed by atoms with Crippen molar-refractivity contribution < 1.29 is 19.4 Å². The summed E-state index contributed by atoms with van der Waals surface area (Å²) in [5.41, 5.74) is -1.68. The van der Waals surface area contributed by atoms with E-state index in [0.29, 0.717) is 24.7 Å². The van der Waals surface area contributed by atoms with Crippen LogP contribution in [0.2, 0.25) is 0 Å². The third kappa shape index (κ3) is 1.75. The van der Waals surface area contributed by atoms with Gasteiger partial charge in [-0.1, -0.05) is 12.8 Å². The van der Waals surface area contributed by atoms with Gasteiger partial charge in [-0.2, -0.15) is 0 Å². The lowest BCUT2D eigenvalue weighted by molar-refractivity contribution is -0.186. The molecule has 0 saturated heterocycles. The third-order valence-electron chi connectivity index (χ3n) is 8.65. The highest BCUT2D eigenvalue weighted by molar-refractivity contribution is 5.99. The molecule has 7 atom stereocenters. The number of carbonyl (C=O) groups is 2. The number of esters is 1. The van der Waals surface area contributed by atoms with Crippen LogP contribution in [0, 0.1) is 40.9 Å². The molecule has 4 heteroatoms. The van der Waals surface area contributed by atoms with Crippen molar-refractivity contribution in [2.24, 2.45) is 40.9 Å². The molecule has 0 aromatic rings. The first-order valence-corrected chi connectivity index (χ1v) is 9.91. The summed E-state index contributed by atoms with van der Waals surface area (Å²) >= 11 is 0. The minimum absolute atomic E-state index is 0.418. The molecule has 0 heterocycles. The molecule has 132 valence electrons. The first-order chi connectivity index (χ1) is 11.4. The van der Waals surface area contributed by atoms with Gasteiger partial charge in [-0.25, -0.2) is 0 Å². The fourth-order valence-electron chi connectivity index (χ4n) is 7.78. The van der Waals surface area contributed by atoms with Crippen molar-refractivity contribution in [3.8, 4) is 0 Å². The Morgan fingerprint density at radius 2 is 1.67 bits per heavy atom. The van der Waals surface area contributed by atoms with Gasteiger partial charge in [0.15, 0.2) is 5.41 Å². The highest BCUT2D eigenvalue weighted by atomic mass is 16.6. The number of aliphatic carboxylic acids is 1. The number of carbonyl (C=O) groups excluding carboxylic acids is 1. The summed E-state index contributed by atoms with van der Waals surface area (Å²) in [5, 5.41) is 9.66. The van der Waals surface area contributed by atoms with Crippen LogP contribution in [0.5, 0.6) is 0 Å². The minimum atomic E-state index is -1.26. The van der Waals surface area contributed by atoms with E-state index in [1.54, 1.807) is 0 Å². The van der Waals surface area contributed by atoms with Gasteiger partial charge in [0.05, 0.1) is 0 Å². The predicted octanol–water partition coefficient (Wildman–Crippen LogP) is 3.64. The summed E-state index contributed by atoms with van der Waals surface area (Å²) in [6, 6.07) is 0. The van der Waals surface area contributed by atoms with E-state index in [9.17, 15) is 14.7 Å². The summed E-state index contributed by atoms with van der Waals surface area (Å²) in [7, 11) is 0. The topological polar surface area (TPSA) is 63.6 Å². The first-order valence-electron chi connectivity index (χ1n) is 9.91. The Kier molecular flexibility index (Phi) is 3.02. The molecule has 0 spiro atoms. The Balaban J connectivity index is 1.38. The zero-order valence-electron chi connectivity index (χ0n) is 14.5. The molecule has 5 aliphatic rings. The second-order valence-corrected chi connectivity index (χ2v) is 9.59. The molecule has 5 rings (SSSR count). The molecule has 0 aromatic carbocycles. The zero-order chi connectivity index (χ0) is 16.7. The molecule has 4 bridgehead atoms. The van der Waals surface area contributed by atoms with E-state index in [0.717, 1.165) is 42.9 Å². The standard InChI is InChI=1S/C20H28O4/c1-19(24-18(23)20(17(21)22)6-2-3-7-20)10-13-9-14(19)16-12-5-4-11(8-12)15(13)16/h11-16H,2-10H2,1H3,(H,21,22). The monoisotopic (exact) mass is 332 g/mol. The van der Waals surface area contributed by atoms with Crippen molar-refractivity contribution in [1.29, 1.82) is 0 Å². The SMILES string of the molecule is CC1(OC(=O)C2(C(=O)O)CCCC2)CC2CC1C1C3CCC(C3)C21. The van der Waals surface area contributed by atoms with E-state index in [2.05, 4.69) is 6.92 Å². The third-order valence-corrected chi connectivity index (χ3v) is 8.65. The van der Waals surface area contributed by atoms with Crippen LogP contribution in [-0.2, 0) is 14.3 Å². The first kappa shape index (κ1) is 15.2. The number of hydrogen-bond donors (Lipinski definition) is 1. The number of rotatable bonds is 3. The van der Waals surface area contributed by atoms with E-state index in [-0.39, 0.29) is 0 Å². The van der Waals surface area contributed by atoms with Crippen molar-refractivity contribution in [1.82, 2.24) is 0 Å². The van der Waals surface area contributed by atoms with Crippen molar-refractivity contribution in [2.75, 3.05) is 0 Å². The van der Waals surface area contributed by atoms with Crippen molar-refractivity contribution in [3.63, 3.8) is 0 Å². The van der Waals surface area contributed by atoms with Gasteiger partial charge in [0.2, 0.25) is 0 Å². The molecular weight excluding hydrogens is 304 g/mol. The van der Waals surface area contributed by atoms with Gasteiger partial charge in [0.25, 0.3) is 0 Å². The van der Waals surface area contributed by atoms with E-state index in [1.807, 2.05) is 0 Å². The molecule has 5 aliphatic carbocycles. The van der Waals surface area contributed by atoms with Crippen LogP contribution in [0.4, 0.5) is 0 Å². The average Bonchev–Trinajstić information content (AvgIpc) is 3.31. The molecule has 1 N–H and O–H groups in total. The maximum Gasteiger partial charge on any atom is 0.324 e. The lowest BCUT2D eigenvalue weighted by Crippen LogP contribution is -2.49. The summed E-state index contributed by atoms with van der Waals surface area (Å²) in [6.07, 6.45) is 8.86. The van der Waals surface area contributed by atoms with Gasteiger partial charge < -0.3 is 9.84 Å². The van der Waals surface area contributed by atoms with Crippen LogP contribution < -0.4 is 0 Å². The van der Waals surface area contributed by atoms with Gasteiger partial charge in [0, 0.05) is 5.92 Å². The van der Waals surface area contributed by atoms with E-state index in [1.165, 1.54) is 25.7 Å². The van der Waals surface area contributed by atoms with Crippen molar-refractivity contribution in [3.05, 3.63) is 0 Å². The van der Waals surface area contributed by atoms with Gasteiger partial charge in [0.1, 0.15) is 5.60 Å². The molecule has 24 heavy (non-hydrogen) atoms. The Morgan fingerprint density at radius 1 is 1.00 bits per heavy atom. The second kappa shape index (κ2) is 4.76. The Hall–Kier alpha value is -1.06. The molecule has 0 amide bonds. The number of carboxylic acid groups (broad SMARTS) is 1. The fourth-order valence-corrected chi connectivity index (χ4v) is 7.78. The predicted molar refractivity (Wildman–Crippen MR) is 87.1 cm³/mol. The van der Waals surface area contributed by atoms with Gasteiger partial charge >= 0.3 is 11.9 Å². The lowest BCUT2D eigenvalue weighted by atomic mass is 9.66. The molecule has 0 aliphatic heterocycles. The highest BCUT2D eigenvalue weighted by Crippen LogP contribution is 2.70. The summed E-state index contributed by atoms with van der Waals surface area (Å²) in [6.45, 7) is 2.10. The molecule has 4 nitrogen and oxygen atoms in total. The Morgan fingerprint density at radius 3 is 2.33 bits per heavy atom. The van der Waals surface area contributed by atoms with Crippen LogP contribution >= 0.6 is 0 Å². The molecule has 0 radical (unpaired) electrons. The Labute approximate surface area is 143 Å². The maximum absolute atomic E-state index is 12.9. The van der Waals surface area contributed by atoms with Gasteiger partial charge in [-0.05, 0) is 81.5 Å². The summed E-state index contributed by atoms with van der Waals surface area (Å²) < 4.78 is 6.08. The molecule has 0 aromatic heterocycles. The van der Waals surface area contributed by atoms with Gasteiger partial charge in [-0.15, -0.1) is 0 Å². The van der Waals surface area contributed by atoms with Crippen LogP contribution in [-0.4, -0.2) is 22.6 Å². The normalized spacial score (nSPS) is 50.2. The summed E-state index contributed by atoms with van der Waals surface area (Å²) in [4.78, 5) is 24.7. The Bertz CT molecular complexity index is 592. The molecule has 5 fully saturated rings. The van der Waals surface area contributed by atoms with Crippen molar-refractivity contribution >= 4 is 11.9 Å². The highest BCUT2D eigenvalue weighted by Gasteiger charge is 2.67. The summed E-state index contributed by atoms with van der Waals surface area (Å²) in [5.74, 6) is 3.14. The second-order valence-electron chi connectivity index (χ2n) is 9.59. The van der Waals surface area contributed by atoms with Crippen LogP contribution in [0.1, 0.15) is 64.7 Å². The quantitative estimate of drug-likeness (QED) is 0.487. The number of fused-ring (bicyclic) bond motifs is 9. The van der Waals surface area contributed by atoms with Gasteiger partial charge in [-0.3, -0.25) is 9.59 Å². The fraction of sp³-hybridized carbons (Fsp3) is 0.900. The van der Waals surface area contributed by atoms with Crippen LogP contribution in [0.3, 0.4) is 0 Å². The maximum atomic E-state index is 12.9. The van der Waals surface area contributed by atoms with Crippen LogP contribution in [0.15, 0.2) is 0 Å². The van der Waals surface area contributed by atoms with E-state index >= 15 is 0 Å². The largest absolute Gasteiger partial charge is 0.480 e. The van der Waals surface area contributed by atoms with Crippen molar-refractivity contribution in [2.45, 2.75) is 70.3 Å². The number of hydrogen-bond acceptors (Lipinski definition) is 3. The molecule has 7 unspecified atom stereocenters. The minimum Gasteiger partial charge on any atom is -0.480 e. The smallest absolute Gasteiger partial charge is 0.324 e. The molecular formula is C20H28O4. The lowest BCUT2D eigenvalue weighted by Gasteiger charge is -2.45. The number of ether oxygens (including phenoxy) is 1. The van der Waals surface area contributed by atoms with Crippen LogP contribution in [0.25, 0.3) is 0 Å².